The fraction of sp³-hybridized carbons (Fsp3) is 0.400. The van der Waals surface area contributed by atoms with Crippen molar-refractivity contribution in [2.24, 2.45) is 0 Å². The molecule has 0 aromatic carbocycles. The average molecular weight is 175 g/mol. The fourth-order valence-electron chi connectivity index (χ4n) is 1.52. The Balaban J connectivity index is 2.07. The second-order valence-corrected chi connectivity index (χ2v) is 3.30. The van der Waals surface area contributed by atoms with E-state index in [2.05, 4.69) is 21.4 Å². The van der Waals surface area contributed by atoms with Crippen molar-refractivity contribution in [3.63, 3.8) is 0 Å². The Morgan fingerprint density at radius 2 is 2.08 bits per heavy atom. The lowest BCUT2D eigenvalue weighted by molar-refractivity contribution is 0.678. The van der Waals surface area contributed by atoms with Gasteiger partial charge in [0.15, 0.2) is 0 Å². The van der Waals surface area contributed by atoms with E-state index in [1.165, 1.54) is 5.57 Å². The van der Waals surface area contributed by atoms with E-state index in [1.807, 2.05) is 6.07 Å². The monoisotopic (exact) mass is 175 g/mol. The van der Waals surface area contributed by atoms with E-state index in [9.17, 15) is 0 Å². The zero-order valence-electron chi connectivity index (χ0n) is 7.61. The summed E-state index contributed by atoms with van der Waals surface area (Å²) in [5, 5.41) is 0. The van der Waals surface area contributed by atoms with Gasteiger partial charge < -0.3 is 4.90 Å². The van der Waals surface area contributed by atoms with Crippen LogP contribution in [0.25, 0.3) is 0 Å². The molecule has 0 radical (unpaired) electrons. The maximum Gasteiger partial charge on any atom is 0.131 e. The summed E-state index contributed by atoms with van der Waals surface area (Å²) < 4.78 is 0. The highest BCUT2D eigenvalue weighted by Crippen LogP contribution is 2.18. The summed E-state index contributed by atoms with van der Waals surface area (Å²) in [4.78, 5) is 10.4. The van der Waals surface area contributed by atoms with E-state index in [4.69, 9.17) is 0 Å². The van der Waals surface area contributed by atoms with Gasteiger partial charge in [0.1, 0.15) is 12.1 Å². The predicted octanol–water partition coefficient (Wildman–Crippen LogP) is 1.63. The maximum atomic E-state index is 4.21. The maximum absolute atomic E-state index is 4.21. The van der Waals surface area contributed by atoms with Gasteiger partial charge in [-0.1, -0.05) is 12.2 Å². The Morgan fingerprint density at radius 3 is 2.69 bits per heavy atom. The number of piperidine rings is 1. The summed E-state index contributed by atoms with van der Waals surface area (Å²) in [6.45, 7) is 6.06. The summed E-state index contributed by atoms with van der Waals surface area (Å²) in [5.74, 6) is 1.03. The van der Waals surface area contributed by atoms with Crippen LogP contribution in [0.4, 0.5) is 5.82 Å². The lowest BCUT2D eigenvalue weighted by Gasteiger charge is -2.28. The van der Waals surface area contributed by atoms with Gasteiger partial charge in [-0.25, -0.2) is 9.97 Å². The molecule has 0 amide bonds. The van der Waals surface area contributed by atoms with Gasteiger partial charge in [0.05, 0.1) is 0 Å². The molecule has 0 spiro atoms. The van der Waals surface area contributed by atoms with Crippen molar-refractivity contribution in [1.29, 1.82) is 0 Å². The predicted molar refractivity (Wildman–Crippen MR) is 52.6 cm³/mol. The van der Waals surface area contributed by atoms with Gasteiger partial charge in [0, 0.05) is 19.3 Å². The first-order valence-corrected chi connectivity index (χ1v) is 4.54. The summed E-state index contributed by atoms with van der Waals surface area (Å²) in [6.07, 6.45) is 5.55. The molecule has 1 aliphatic rings. The number of anilines is 1. The molecule has 1 aromatic heterocycles. The molecule has 3 heteroatoms. The van der Waals surface area contributed by atoms with Crippen LogP contribution < -0.4 is 4.90 Å². The van der Waals surface area contributed by atoms with E-state index < -0.39 is 0 Å². The van der Waals surface area contributed by atoms with Crippen LogP contribution in [-0.4, -0.2) is 23.1 Å². The van der Waals surface area contributed by atoms with Gasteiger partial charge in [0.2, 0.25) is 0 Å². The summed E-state index contributed by atoms with van der Waals surface area (Å²) >= 11 is 0. The molecule has 0 N–H and O–H groups in total. The fourth-order valence-corrected chi connectivity index (χ4v) is 1.52. The standard InChI is InChI=1S/C10H13N3/c1-9-3-6-13(7-4-9)10-2-5-11-8-12-10/h2,5,8H,1,3-4,6-7H2. The van der Waals surface area contributed by atoms with Crippen molar-refractivity contribution < 1.29 is 0 Å². The third-order valence-electron chi connectivity index (χ3n) is 2.36. The zero-order chi connectivity index (χ0) is 9.10. The molecular weight excluding hydrogens is 162 g/mol. The number of hydrogen-bond acceptors (Lipinski definition) is 3. The van der Waals surface area contributed by atoms with Crippen LogP contribution in [0.2, 0.25) is 0 Å². The normalized spacial score (nSPS) is 17.5. The van der Waals surface area contributed by atoms with Crippen molar-refractivity contribution in [1.82, 2.24) is 9.97 Å². The molecule has 3 nitrogen and oxygen atoms in total. The topological polar surface area (TPSA) is 29.0 Å². The van der Waals surface area contributed by atoms with Gasteiger partial charge in [-0.05, 0) is 18.9 Å². The lowest BCUT2D eigenvalue weighted by Crippen LogP contribution is -2.30. The van der Waals surface area contributed by atoms with E-state index >= 15 is 0 Å². The minimum atomic E-state index is 1.03. The van der Waals surface area contributed by atoms with Crippen molar-refractivity contribution >= 4 is 5.82 Å². The van der Waals surface area contributed by atoms with Crippen LogP contribution in [0.3, 0.4) is 0 Å². The molecule has 0 aliphatic carbocycles. The average Bonchev–Trinajstić information content (AvgIpc) is 2.20. The van der Waals surface area contributed by atoms with Crippen molar-refractivity contribution in [2.45, 2.75) is 12.8 Å². The van der Waals surface area contributed by atoms with Gasteiger partial charge in [-0.15, -0.1) is 0 Å². The number of rotatable bonds is 1. The molecule has 1 saturated heterocycles. The number of hydrogen-bond donors (Lipinski definition) is 0. The molecule has 0 saturated carbocycles. The van der Waals surface area contributed by atoms with Crippen LogP contribution in [0.5, 0.6) is 0 Å². The van der Waals surface area contributed by atoms with Crippen molar-refractivity contribution in [2.75, 3.05) is 18.0 Å². The number of aromatic nitrogens is 2. The highest BCUT2D eigenvalue weighted by Gasteiger charge is 2.13. The summed E-state index contributed by atoms with van der Waals surface area (Å²) in [7, 11) is 0. The van der Waals surface area contributed by atoms with Crippen molar-refractivity contribution in [3.05, 3.63) is 30.7 Å². The quantitative estimate of drug-likeness (QED) is 0.607. The van der Waals surface area contributed by atoms with Crippen molar-refractivity contribution in [3.8, 4) is 0 Å². The Bertz CT molecular complexity index is 284. The molecule has 1 fully saturated rings. The molecule has 1 aromatic rings. The molecule has 68 valence electrons. The minimum absolute atomic E-state index is 1.03. The summed E-state index contributed by atoms with van der Waals surface area (Å²) in [6, 6.07) is 1.95. The SMILES string of the molecule is C=C1CCN(c2ccncn2)CC1. The minimum Gasteiger partial charge on any atom is -0.356 e. The largest absolute Gasteiger partial charge is 0.356 e. The molecule has 1 aliphatic heterocycles. The Hall–Kier alpha value is -1.38. The second kappa shape index (κ2) is 3.56. The Morgan fingerprint density at radius 1 is 1.31 bits per heavy atom. The molecular formula is C10H13N3. The molecule has 0 bridgehead atoms. The van der Waals surface area contributed by atoms with Crippen LogP contribution in [0.15, 0.2) is 30.7 Å². The Kier molecular flexibility index (Phi) is 2.25. The lowest BCUT2D eigenvalue weighted by atomic mass is 10.1. The van der Waals surface area contributed by atoms with Gasteiger partial charge in [-0.2, -0.15) is 0 Å². The Labute approximate surface area is 78.1 Å². The smallest absolute Gasteiger partial charge is 0.131 e. The third-order valence-corrected chi connectivity index (χ3v) is 2.36. The van der Waals surface area contributed by atoms with E-state index in [1.54, 1.807) is 12.5 Å². The third kappa shape index (κ3) is 1.86. The molecule has 13 heavy (non-hydrogen) atoms. The first-order chi connectivity index (χ1) is 6.36. The molecule has 0 atom stereocenters. The van der Waals surface area contributed by atoms with Gasteiger partial charge in [0.25, 0.3) is 0 Å². The van der Waals surface area contributed by atoms with Gasteiger partial charge >= 0.3 is 0 Å². The molecule has 0 unspecified atom stereocenters. The van der Waals surface area contributed by atoms with Crippen LogP contribution >= 0.6 is 0 Å². The van der Waals surface area contributed by atoms with Crippen LogP contribution in [0.1, 0.15) is 12.8 Å². The van der Waals surface area contributed by atoms with E-state index in [0.717, 1.165) is 31.7 Å². The molecule has 2 rings (SSSR count). The van der Waals surface area contributed by atoms with Gasteiger partial charge in [-0.3, -0.25) is 0 Å². The molecule has 2 heterocycles. The first-order valence-electron chi connectivity index (χ1n) is 4.54. The van der Waals surface area contributed by atoms with E-state index in [-0.39, 0.29) is 0 Å². The van der Waals surface area contributed by atoms with E-state index in [0.29, 0.717) is 0 Å². The number of nitrogens with zero attached hydrogens (tertiary/aromatic N) is 3. The first kappa shape index (κ1) is 8.23. The zero-order valence-corrected chi connectivity index (χ0v) is 7.61. The summed E-state index contributed by atoms with van der Waals surface area (Å²) in [5.41, 5.74) is 1.35. The van der Waals surface area contributed by atoms with Crippen LogP contribution in [-0.2, 0) is 0 Å². The van der Waals surface area contributed by atoms with Crippen LogP contribution in [0, 0.1) is 0 Å². The highest BCUT2D eigenvalue weighted by atomic mass is 15.2. The highest BCUT2D eigenvalue weighted by molar-refractivity contribution is 5.38. The second-order valence-electron chi connectivity index (χ2n) is 3.30.